The quantitative estimate of drug-likeness (QED) is 0.553. The van der Waals surface area contributed by atoms with E-state index in [1.807, 2.05) is 60.7 Å². The maximum Gasteiger partial charge on any atom is 0.475 e. The highest BCUT2D eigenvalue weighted by Gasteiger charge is 2.27. The van der Waals surface area contributed by atoms with Crippen LogP contribution in [0.2, 0.25) is 0 Å². The lowest BCUT2D eigenvalue weighted by molar-refractivity contribution is -0.122. The molecule has 5 N–H and O–H groups in total. The van der Waals surface area contributed by atoms with Gasteiger partial charge in [-0.2, -0.15) is 0 Å². The largest absolute Gasteiger partial charge is 0.475 e. The Labute approximate surface area is 136 Å². The van der Waals surface area contributed by atoms with Crippen molar-refractivity contribution in [2.75, 3.05) is 0 Å². The van der Waals surface area contributed by atoms with Crippen LogP contribution in [-0.2, 0) is 17.6 Å². The second-order valence-electron chi connectivity index (χ2n) is 5.51. The van der Waals surface area contributed by atoms with Crippen LogP contribution in [0.1, 0.15) is 11.1 Å². The van der Waals surface area contributed by atoms with Crippen molar-refractivity contribution in [3.63, 3.8) is 0 Å². The van der Waals surface area contributed by atoms with Crippen LogP contribution in [0.15, 0.2) is 60.7 Å². The Balaban J connectivity index is 1.94. The van der Waals surface area contributed by atoms with Crippen LogP contribution in [0.5, 0.6) is 0 Å². The van der Waals surface area contributed by atoms with E-state index in [1.54, 1.807) is 0 Å². The molecular weight excluding hydrogens is 291 g/mol. The van der Waals surface area contributed by atoms with Crippen LogP contribution in [0.4, 0.5) is 0 Å². The van der Waals surface area contributed by atoms with E-state index in [0.29, 0.717) is 12.8 Å². The Hall–Kier alpha value is -2.15. The highest BCUT2D eigenvalue weighted by atomic mass is 16.4. The first-order chi connectivity index (χ1) is 11.1. The van der Waals surface area contributed by atoms with E-state index in [1.165, 1.54) is 0 Å². The number of amides is 1. The molecule has 0 aromatic heterocycles. The third-order valence-corrected chi connectivity index (χ3v) is 3.62. The molecule has 0 spiro atoms. The summed E-state index contributed by atoms with van der Waals surface area (Å²) in [5.41, 5.74) is 7.78. The number of hydrogen-bond acceptors (Lipinski definition) is 4. The summed E-state index contributed by atoms with van der Waals surface area (Å²) in [6.07, 6.45) is 0.717. The molecule has 5 nitrogen and oxygen atoms in total. The fraction of sp³-hybridized carbons (Fsp3) is 0.235. The van der Waals surface area contributed by atoms with E-state index in [4.69, 9.17) is 5.73 Å². The number of hydrogen-bond donors (Lipinski definition) is 4. The maximum absolute atomic E-state index is 12.2. The van der Waals surface area contributed by atoms with Crippen LogP contribution in [0.3, 0.4) is 0 Å². The van der Waals surface area contributed by atoms with Gasteiger partial charge in [0.1, 0.15) is 0 Å². The van der Waals surface area contributed by atoms with E-state index in [-0.39, 0.29) is 0 Å². The molecule has 120 valence electrons. The number of carbonyl (C=O) groups excluding carboxylic acids is 1. The lowest BCUT2D eigenvalue weighted by atomic mass is 9.75. The number of rotatable bonds is 7. The van der Waals surface area contributed by atoms with Crippen LogP contribution < -0.4 is 11.1 Å². The third-order valence-electron chi connectivity index (χ3n) is 3.62. The zero-order valence-corrected chi connectivity index (χ0v) is 12.8. The average Bonchev–Trinajstić information content (AvgIpc) is 2.56. The van der Waals surface area contributed by atoms with Crippen molar-refractivity contribution in [1.29, 1.82) is 0 Å². The van der Waals surface area contributed by atoms with Gasteiger partial charge in [0.25, 0.3) is 0 Å². The fourth-order valence-electron chi connectivity index (χ4n) is 2.35. The molecule has 2 aromatic carbocycles. The number of nitrogens with two attached hydrogens (primary N) is 1. The van der Waals surface area contributed by atoms with Gasteiger partial charge in [-0.05, 0) is 24.0 Å². The molecule has 0 saturated heterocycles. The van der Waals surface area contributed by atoms with Gasteiger partial charge >= 0.3 is 7.12 Å². The van der Waals surface area contributed by atoms with E-state index < -0.39 is 25.0 Å². The summed E-state index contributed by atoms with van der Waals surface area (Å²) < 4.78 is 0. The summed E-state index contributed by atoms with van der Waals surface area (Å²) in [6, 6.07) is 18.1. The molecule has 6 heteroatoms. The summed E-state index contributed by atoms with van der Waals surface area (Å²) in [6.45, 7) is 0. The summed E-state index contributed by atoms with van der Waals surface area (Å²) in [5, 5.41) is 21.6. The second kappa shape index (κ2) is 8.48. The fourth-order valence-corrected chi connectivity index (χ4v) is 2.35. The first-order valence-electron chi connectivity index (χ1n) is 7.56. The Kier molecular flexibility index (Phi) is 6.34. The molecule has 2 aromatic rings. The van der Waals surface area contributed by atoms with Crippen LogP contribution in [0, 0.1) is 0 Å². The number of benzene rings is 2. The van der Waals surface area contributed by atoms with E-state index in [9.17, 15) is 14.8 Å². The van der Waals surface area contributed by atoms with Crippen LogP contribution >= 0.6 is 0 Å². The van der Waals surface area contributed by atoms with Gasteiger partial charge in [-0.15, -0.1) is 0 Å². The average molecular weight is 312 g/mol. The van der Waals surface area contributed by atoms with Gasteiger partial charge in [0, 0.05) is 0 Å². The molecule has 0 bridgehead atoms. The van der Waals surface area contributed by atoms with Crippen molar-refractivity contribution >= 4 is 13.0 Å². The molecule has 0 aliphatic carbocycles. The first kappa shape index (κ1) is 17.2. The molecule has 2 atom stereocenters. The molecule has 0 fully saturated rings. The molecule has 0 unspecified atom stereocenters. The third kappa shape index (κ3) is 5.52. The summed E-state index contributed by atoms with van der Waals surface area (Å²) in [4.78, 5) is 12.2. The highest BCUT2D eigenvalue weighted by molar-refractivity contribution is 6.43. The normalized spacial score (nSPS) is 13.2. The standard InChI is InChI=1S/C17H21BN2O3/c19-15(11-13-7-3-1-4-8-13)17(21)20-16(18(22)23)12-14-9-5-2-6-10-14/h1-10,15-16,22-23H,11-12,19H2,(H,20,21)/t15-,16-/m0/s1. The van der Waals surface area contributed by atoms with Crippen molar-refractivity contribution < 1.29 is 14.8 Å². The Bertz CT molecular complexity index is 608. The van der Waals surface area contributed by atoms with Gasteiger partial charge in [0.2, 0.25) is 5.91 Å². The topological polar surface area (TPSA) is 95.6 Å². The molecule has 0 aliphatic rings. The van der Waals surface area contributed by atoms with Crippen LogP contribution in [-0.4, -0.2) is 35.1 Å². The van der Waals surface area contributed by atoms with Gasteiger partial charge in [0.15, 0.2) is 0 Å². The number of nitrogens with one attached hydrogen (secondary N) is 1. The predicted molar refractivity (Wildman–Crippen MR) is 90.4 cm³/mol. The Morgan fingerprint density at radius 2 is 1.43 bits per heavy atom. The van der Waals surface area contributed by atoms with E-state index >= 15 is 0 Å². The van der Waals surface area contributed by atoms with Gasteiger partial charge in [-0.25, -0.2) is 0 Å². The molecule has 0 heterocycles. The first-order valence-corrected chi connectivity index (χ1v) is 7.56. The molecule has 23 heavy (non-hydrogen) atoms. The minimum absolute atomic E-state index is 0.322. The lowest BCUT2D eigenvalue weighted by Crippen LogP contribution is -2.53. The molecule has 0 radical (unpaired) electrons. The lowest BCUT2D eigenvalue weighted by Gasteiger charge is -2.20. The highest BCUT2D eigenvalue weighted by Crippen LogP contribution is 2.06. The minimum Gasteiger partial charge on any atom is -0.426 e. The summed E-state index contributed by atoms with van der Waals surface area (Å²) in [7, 11) is -1.65. The van der Waals surface area contributed by atoms with Gasteiger partial charge in [-0.3, -0.25) is 4.79 Å². The van der Waals surface area contributed by atoms with Crippen molar-refractivity contribution in [1.82, 2.24) is 5.32 Å². The second-order valence-corrected chi connectivity index (χ2v) is 5.51. The summed E-state index contributed by atoms with van der Waals surface area (Å²) in [5.74, 6) is -1.20. The van der Waals surface area contributed by atoms with Crippen molar-refractivity contribution in [3.05, 3.63) is 71.8 Å². The van der Waals surface area contributed by atoms with Gasteiger partial charge in [-0.1, -0.05) is 60.7 Å². The van der Waals surface area contributed by atoms with E-state index in [0.717, 1.165) is 11.1 Å². The minimum atomic E-state index is -1.65. The van der Waals surface area contributed by atoms with Gasteiger partial charge in [0.05, 0.1) is 12.0 Å². The molecule has 1 amide bonds. The molecule has 2 rings (SSSR count). The molecule has 0 saturated carbocycles. The van der Waals surface area contributed by atoms with Crippen molar-refractivity contribution in [2.45, 2.75) is 24.8 Å². The SMILES string of the molecule is N[C@@H](Cc1ccccc1)C(=O)N[C@@H](Cc1ccccc1)B(O)O. The zero-order valence-electron chi connectivity index (χ0n) is 12.8. The van der Waals surface area contributed by atoms with Crippen molar-refractivity contribution in [3.8, 4) is 0 Å². The van der Waals surface area contributed by atoms with E-state index in [2.05, 4.69) is 5.32 Å². The van der Waals surface area contributed by atoms with Gasteiger partial charge < -0.3 is 21.1 Å². The Morgan fingerprint density at radius 1 is 0.957 bits per heavy atom. The number of carbonyl (C=O) groups is 1. The summed E-state index contributed by atoms with van der Waals surface area (Å²) >= 11 is 0. The smallest absolute Gasteiger partial charge is 0.426 e. The molecule has 0 aliphatic heterocycles. The maximum atomic E-state index is 12.2. The predicted octanol–water partition coefficient (Wildman–Crippen LogP) is 0.296. The molecular formula is C17H21BN2O3. The monoisotopic (exact) mass is 312 g/mol. The Morgan fingerprint density at radius 3 is 1.91 bits per heavy atom. The zero-order chi connectivity index (χ0) is 16.7. The van der Waals surface area contributed by atoms with Crippen LogP contribution in [0.25, 0.3) is 0 Å². The van der Waals surface area contributed by atoms with Crippen molar-refractivity contribution in [2.24, 2.45) is 5.73 Å².